The van der Waals surface area contributed by atoms with Crippen LogP contribution in [0.4, 0.5) is 0 Å². The van der Waals surface area contributed by atoms with E-state index in [0.717, 1.165) is 0 Å². The predicted molar refractivity (Wildman–Crippen MR) is 34.3 cm³/mol. The molecule has 0 heterocycles. The summed E-state index contributed by atoms with van der Waals surface area (Å²) < 4.78 is 0. The average Bonchev–Trinajstić information content (AvgIpc) is 1.95. The first kappa shape index (κ1) is 7.90. The van der Waals surface area contributed by atoms with Gasteiger partial charge in [-0.25, -0.2) is 0 Å². The second-order valence-electron chi connectivity index (χ2n) is 1.43. The Bertz CT molecular complexity index is 178. The Balaban J connectivity index is 4.54. The van der Waals surface area contributed by atoms with E-state index >= 15 is 0 Å². The Morgan fingerprint density at radius 2 is 1.44 bits per heavy atom. The van der Waals surface area contributed by atoms with Crippen molar-refractivity contribution in [3.05, 3.63) is 0 Å². The van der Waals surface area contributed by atoms with Crippen LogP contribution in [0.2, 0.25) is 0 Å². The van der Waals surface area contributed by atoms with Crippen molar-refractivity contribution in [3.63, 3.8) is 0 Å². The van der Waals surface area contributed by atoms with E-state index < -0.39 is 7.26 Å². The number of hydrogen-bond donors (Lipinski definition) is 0. The van der Waals surface area contributed by atoms with E-state index in [1.807, 2.05) is 0 Å². The van der Waals surface area contributed by atoms with Crippen molar-refractivity contribution in [2.24, 2.45) is 0 Å². The van der Waals surface area contributed by atoms with E-state index in [1.165, 1.54) is 0 Å². The Kier molecular flexibility index (Phi) is 2.66. The fraction of sp³-hybridized carbons (Fsp3) is 0.400. The van der Waals surface area contributed by atoms with Gasteiger partial charge in [-0.05, 0) is 6.92 Å². The maximum absolute atomic E-state index is 8.33. The Morgan fingerprint density at radius 3 is 1.44 bits per heavy atom. The van der Waals surface area contributed by atoms with E-state index in [-0.39, 0.29) is 0 Å². The fourth-order valence-electron chi connectivity index (χ4n) is 0.279. The Hall–Kier alpha value is -1.10. The van der Waals surface area contributed by atoms with Crippen molar-refractivity contribution in [1.82, 2.24) is 0 Å². The van der Waals surface area contributed by atoms with Crippen LogP contribution in [0.5, 0.6) is 0 Å². The summed E-state index contributed by atoms with van der Waals surface area (Å²) in [6.07, 6.45) is 0.372. The molecule has 0 aliphatic carbocycles. The van der Waals surface area contributed by atoms with Crippen LogP contribution in [0.25, 0.3) is 0 Å². The van der Waals surface area contributed by atoms with Crippen LogP contribution in [0.1, 0.15) is 6.92 Å². The van der Waals surface area contributed by atoms with Crippen molar-refractivity contribution >= 4 is 7.26 Å². The SMILES string of the molecule is CC[P+](C#N)(C#N)C#N. The van der Waals surface area contributed by atoms with Gasteiger partial charge in [0.05, 0.1) is 6.16 Å². The molecule has 44 valence electrons. The monoisotopic (exact) mass is 138 g/mol. The lowest BCUT2D eigenvalue weighted by Crippen LogP contribution is -1.83. The van der Waals surface area contributed by atoms with Gasteiger partial charge in [-0.3, -0.25) is 0 Å². The first-order valence-corrected chi connectivity index (χ1v) is 4.34. The highest BCUT2D eigenvalue weighted by atomic mass is 31.2. The minimum Gasteiger partial charge on any atom is -0.149 e. The molecule has 0 unspecified atom stereocenters. The van der Waals surface area contributed by atoms with E-state index in [4.69, 9.17) is 15.8 Å². The summed E-state index contributed by atoms with van der Waals surface area (Å²) in [4.78, 5) is 0. The molecule has 0 atom stereocenters. The van der Waals surface area contributed by atoms with Crippen LogP contribution in [-0.4, -0.2) is 6.16 Å². The van der Waals surface area contributed by atoms with Gasteiger partial charge in [-0.2, -0.15) is 0 Å². The molecule has 0 aliphatic rings. The summed E-state index contributed by atoms with van der Waals surface area (Å²) in [5.74, 6) is 5.26. The number of nitrogens with zero attached hydrogens (tertiary/aromatic N) is 3. The first-order chi connectivity index (χ1) is 4.24. The summed E-state index contributed by atoms with van der Waals surface area (Å²) in [5.41, 5.74) is 0. The molecule has 0 N–H and O–H groups in total. The molecule has 0 aliphatic heterocycles. The molecule has 0 fully saturated rings. The maximum atomic E-state index is 8.33. The van der Waals surface area contributed by atoms with E-state index in [9.17, 15) is 0 Å². The highest BCUT2D eigenvalue weighted by Crippen LogP contribution is 2.54. The number of rotatable bonds is 1. The molecule has 0 bridgehead atoms. The third kappa shape index (κ3) is 1.39. The minimum atomic E-state index is -2.50. The zero-order valence-corrected chi connectivity index (χ0v) is 5.89. The molecule has 0 radical (unpaired) electrons. The second kappa shape index (κ2) is 3.03. The molecule has 0 rings (SSSR count). The standard InChI is InChI=1S/C5H5N3P/c1-2-9(3-6,4-7)5-8/h2H2,1H3/q+1. The van der Waals surface area contributed by atoms with Crippen LogP contribution >= 0.6 is 7.26 Å². The van der Waals surface area contributed by atoms with Gasteiger partial charge in [-0.15, -0.1) is 15.8 Å². The molecule has 0 saturated heterocycles. The zero-order valence-electron chi connectivity index (χ0n) is 5.00. The van der Waals surface area contributed by atoms with Crippen LogP contribution in [0.3, 0.4) is 0 Å². The van der Waals surface area contributed by atoms with Crippen molar-refractivity contribution in [3.8, 4) is 17.4 Å². The molecule has 0 aromatic heterocycles. The summed E-state index contributed by atoms with van der Waals surface area (Å²) in [5, 5.41) is 25.0. The average molecular weight is 138 g/mol. The maximum Gasteiger partial charge on any atom is 0.329 e. The molecular formula is C5H5N3P+. The minimum absolute atomic E-state index is 0.372. The second-order valence-corrected chi connectivity index (χ2v) is 4.28. The summed E-state index contributed by atoms with van der Waals surface area (Å²) in [7, 11) is -2.50. The summed E-state index contributed by atoms with van der Waals surface area (Å²) in [6.45, 7) is 1.68. The Labute approximate surface area is 54.5 Å². The van der Waals surface area contributed by atoms with Crippen molar-refractivity contribution < 1.29 is 0 Å². The van der Waals surface area contributed by atoms with Gasteiger partial charge in [0.15, 0.2) is 0 Å². The smallest absolute Gasteiger partial charge is 0.149 e. The molecule has 0 aromatic rings. The molecule has 0 spiro atoms. The topological polar surface area (TPSA) is 71.4 Å². The van der Waals surface area contributed by atoms with Gasteiger partial charge >= 0.3 is 7.26 Å². The lowest BCUT2D eigenvalue weighted by atomic mass is 11.0. The van der Waals surface area contributed by atoms with Crippen molar-refractivity contribution in [2.75, 3.05) is 6.16 Å². The highest BCUT2D eigenvalue weighted by molar-refractivity contribution is 7.88. The largest absolute Gasteiger partial charge is 0.329 e. The Morgan fingerprint density at radius 1 is 1.11 bits per heavy atom. The van der Waals surface area contributed by atoms with Gasteiger partial charge in [0.25, 0.3) is 17.4 Å². The van der Waals surface area contributed by atoms with Crippen LogP contribution in [-0.2, 0) is 0 Å². The molecule has 0 saturated carbocycles. The quantitative estimate of drug-likeness (QED) is 0.515. The fourth-order valence-corrected chi connectivity index (χ4v) is 0.838. The zero-order chi connectivity index (χ0) is 7.33. The van der Waals surface area contributed by atoms with E-state index in [2.05, 4.69) is 0 Å². The van der Waals surface area contributed by atoms with Crippen molar-refractivity contribution in [1.29, 1.82) is 15.8 Å². The highest BCUT2D eigenvalue weighted by Gasteiger charge is 2.38. The molecule has 9 heavy (non-hydrogen) atoms. The summed E-state index contributed by atoms with van der Waals surface area (Å²) >= 11 is 0. The lowest BCUT2D eigenvalue weighted by molar-refractivity contribution is 1.46. The van der Waals surface area contributed by atoms with Crippen LogP contribution < -0.4 is 0 Å². The molecule has 0 aromatic carbocycles. The van der Waals surface area contributed by atoms with Crippen LogP contribution in [0, 0.1) is 33.2 Å². The normalized spacial score (nSPS) is 8.67. The number of hydrogen-bond acceptors (Lipinski definition) is 3. The molecular weight excluding hydrogens is 133 g/mol. The van der Waals surface area contributed by atoms with Crippen LogP contribution in [0.15, 0.2) is 0 Å². The van der Waals surface area contributed by atoms with Gasteiger partial charge < -0.3 is 0 Å². The molecule has 3 nitrogen and oxygen atoms in total. The van der Waals surface area contributed by atoms with E-state index in [0.29, 0.717) is 6.16 Å². The first-order valence-electron chi connectivity index (χ1n) is 2.36. The lowest BCUT2D eigenvalue weighted by Gasteiger charge is -1.89. The van der Waals surface area contributed by atoms with Crippen molar-refractivity contribution in [2.45, 2.75) is 6.92 Å². The third-order valence-electron chi connectivity index (χ3n) is 0.986. The van der Waals surface area contributed by atoms with Gasteiger partial charge in [0.2, 0.25) is 0 Å². The molecule has 4 heteroatoms. The van der Waals surface area contributed by atoms with Gasteiger partial charge in [0, 0.05) is 0 Å². The summed E-state index contributed by atoms with van der Waals surface area (Å²) in [6, 6.07) is 0. The van der Waals surface area contributed by atoms with E-state index in [1.54, 1.807) is 24.4 Å². The number of nitriles is 3. The van der Waals surface area contributed by atoms with Gasteiger partial charge in [0.1, 0.15) is 0 Å². The third-order valence-corrected chi connectivity index (χ3v) is 2.96. The predicted octanol–water partition coefficient (Wildman–Crippen LogP) is 1.47. The van der Waals surface area contributed by atoms with Gasteiger partial charge in [-0.1, -0.05) is 0 Å². The molecule has 0 amide bonds.